The van der Waals surface area contributed by atoms with Crippen molar-refractivity contribution in [3.63, 3.8) is 0 Å². The molecular weight excluding hydrogens is 109 g/mol. The van der Waals surface area contributed by atoms with Gasteiger partial charge in [0.2, 0.25) is 0 Å². The summed E-state index contributed by atoms with van der Waals surface area (Å²) >= 11 is 0. The minimum Gasteiger partial charge on any atom is -0.265 e. The second kappa shape index (κ2) is 3.90. The van der Waals surface area contributed by atoms with Crippen molar-refractivity contribution in [3.8, 4) is 0 Å². The van der Waals surface area contributed by atoms with Crippen molar-refractivity contribution in [1.82, 2.24) is 4.98 Å². The maximum atomic E-state index is 3.85. The van der Waals surface area contributed by atoms with Crippen LogP contribution >= 0.6 is 0 Å². The number of hydrogen-bond acceptors (Lipinski definition) is 1. The minimum atomic E-state index is 0. The largest absolute Gasteiger partial charge is 0.265 e. The van der Waals surface area contributed by atoms with Crippen molar-refractivity contribution in [3.05, 3.63) is 36.7 Å². The zero-order valence-corrected chi connectivity index (χ0v) is 5.12. The topological polar surface area (TPSA) is 12.9 Å². The van der Waals surface area contributed by atoms with Crippen LogP contribution < -0.4 is 0 Å². The third kappa shape index (κ3) is 2.13. The van der Waals surface area contributed by atoms with Crippen LogP contribution in [0.2, 0.25) is 0 Å². The normalized spacial score (nSPS) is 7.56. The lowest BCUT2D eigenvalue weighted by Gasteiger charge is -1.84. The van der Waals surface area contributed by atoms with Gasteiger partial charge in [-0.15, -0.1) is 0 Å². The molecule has 0 aliphatic carbocycles. The van der Waals surface area contributed by atoms with Crippen LogP contribution in [0, 0.1) is 0 Å². The lowest BCUT2D eigenvalue weighted by atomic mass is 10.3. The van der Waals surface area contributed by atoms with E-state index in [4.69, 9.17) is 0 Å². The molecule has 0 spiro atoms. The lowest BCUT2D eigenvalue weighted by molar-refractivity contribution is 1.32. The van der Waals surface area contributed by atoms with Gasteiger partial charge in [0, 0.05) is 20.8 Å². The van der Waals surface area contributed by atoms with Crippen LogP contribution in [0.3, 0.4) is 0 Å². The van der Waals surface area contributed by atoms with Gasteiger partial charge < -0.3 is 0 Å². The van der Waals surface area contributed by atoms with Gasteiger partial charge in [0.1, 0.15) is 0 Å². The van der Waals surface area contributed by atoms with E-state index in [1.165, 1.54) is 0 Å². The molecule has 1 heterocycles. The number of aromatic nitrogens is 1. The summed E-state index contributed by atoms with van der Waals surface area (Å²) in [6.07, 6.45) is 5.29. The van der Waals surface area contributed by atoms with Crippen molar-refractivity contribution in [2.24, 2.45) is 0 Å². The molecular formula is C7H7BN. The van der Waals surface area contributed by atoms with Gasteiger partial charge in [-0.1, -0.05) is 12.7 Å². The third-order valence-corrected chi connectivity index (χ3v) is 0.942. The molecule has 1 nitrogen and oxygen atoms in total. The molecule has 9 heavy (non-hydrogen) atoms. The van der Waals surface area contributed by atoms with E-state index in [2.05, 4.69) is 11.6 Å². The van der Waals surface area contributed by atoms with Crippen molar-refractivity contribution in [2.75, 3.05) is 0 Å². The summed E-state index contributed by atoms with van der Waals surface area (Å²) < 4.78 is 0. The molecule has 0 saturated heterocycles. The zero-order chi connectivity index (χ0) is 5.82. The van der Waals surface area contributed by atoms with Gasteiger partial charge >= 0.3 is 0 Å². The molecule has 43 valence electrons. The first kappa shape index (κ1) is 7.95. The maximum absolute atomic E-state index is 3.85. The van der Waals surface area contributed by atoms with Crippen molar-refractivity contribution in [1.29, 1.82) is 0 Å². The van der Waals surface area contributed by atoms with E-state index < -0.39 is 0 Å². The monoisotopic (exact) mass is 116 g/mol. The summed E-state index contributed by atoms with van der Waals surface area (Å²) in [6, 6.07) is 3.82. The Balaban J connectivity index is 0.000000640. The number of pyridine rings is 1. The quantitative estimate of drug-likeness (QED) is 0.504. The van der Waals surface area contributed by atoms with Gasteiger partial charge in [-0.05, 0) is 17.7 Å². The Morgan fingerprint density at radius 1 is 1.33 bits per heavy atom. The zero-order valence-electron chi connectivity index (χ0n) is 5.12. The van der Waals surface area contributed by atoms with Crippen molar-refractivity contribution < 1.29 is 0 Å². The van der Waals surface area contributed by atoms with Crippen molar-refractivity contribution in [2.45, 2.75) is 0 Å². The first-order valence-corrected chi connectivity index (χ1v) is 2.46. The summed E-state index contributed by atoms with van der Waals surface area (Å²) in [4.78, 5) is 3.85. The number of rotatable bonds is 1. The average Bonchev–Trinajstić information content (AvgIpc) is 1.90. The maximum Gasteiger partial charge on any atom is 0.0273 e. The smallest absolute Gasteiger partial charge is 0.0273 e. The Bertz CT molecular complexity index is 172. The molecule has 0 saturated carbocycles. The fraction of sp³-hybridized carbons (Fsp3) is 0. The molecule has 0 atom stereocenters. The molecule has 1 aromatic heterocycles. The Kier molecular flexibility index (Phi) is 3.44. The minimum absolute atomic E-state index is 0. The van der Waals surface area contributed by atoms with E-state index in [1.807, 2.05) is 12.1 Å². The molecule has 2 heteroatoms. The van der Waals surface area contributed by atoms with Crippen LogP contribution in [-0.2, 0) is 0 Å². The van der Waals surface area contributed by atoms with Gasteiger partial charge in [0.05, 0.1) is 0 Å². The summed E-state index contributed by atoms with van der Waals surface area (Å²) in [5.41, 5.74) is 1.11. The molecule has 0 fully saturated rings. The summed E-state index contributed by atoms with van der Waals surface area (Å²) in [6.45, 7) is 3.60. The molecule has 0 aliphatic heterocycles. The van der Waals surface area contributed by atoms with E-state index in [-0.39, 0.29) is 8.41 Å². The highest BCUT2D eigenvalue weighted by molar-refractivity contribution is 5.75. The third-order valence-electron chi connectivity index (χ3n) is 0.942. The van der Waals surface area contributed by atoms with E-state index in [1.54, 1.807) is 18.5 Å². The van der Waals surface area contributed by atoms with E-state index in [9.17, 15) is 0 Å². The van der Waals surface area contributed by atoms with Gasteiger partial charge in [0.15, 0.2) is 0 Å². The fourth-order valence-electron chi connectivity index (χ4n) is 0.500. The van der Waals surface area contributed by atoms with E-state index in [0.29, 0.717) is 0 Å². The van der Waals surface area contributed by atoms with Gasteiger partial charge in [-0.3, -0.25) is 4.98 Å². The fourth-order valence-corrected chi connectivity index (χ4v) is 0.500. The lowest BCUT2D eigenvalue weighted by Crippen LogP contribution is -1.69. The second-order valence-corrected chi connectivity index (χ2v) is 1.48. The molecule has 0 aliphatic rings. The van der Waals surface area contributed by atoms with Crippen molar-refractivity contribution >= 4 is 14.5 Å². The highest BCUT2D eigenvalue weighted by Gasteiger charge is 1.76. The highest BCUT2D eigenvalue weighted by atomic mass is 14.6. The molecule has 0 bridgehead atoms. The molecule has 3 radical (unpaired) electrons. The molecule has 0 unspecified atom stereocenters. The Morgan fingerprint density at radius 3 is 2.22 bits per heavy atom. The van der Waals surface area contributed by atoms with Gasteiger partial charge in [0.25, 0.3) is 0 Å². The van der Waals surface area contributed by atoms with Crippen LogP contribution in [0.4, 0.5) is 0 Å². The predicted molar refractivity (Wildman–Crippen MR) is 40.1 cm³/mol. The average molecular weight is 116 g/mol. The van der Waals surface area contributed by atoms with Crippen LogP contribution in [-0.4, -0.2) is 13.4 Å². The first-order chi connectivity index (χ1) is 3.93. The van der Waals surface area contributed by atoms with Gasteiger partial charge in [-0.2, -0.15) is 0 Å². The molecule has 0 aromatic carbocycles. The SMILES string of the molecule is C=Cc1ccncc1.[B]. The van der Waals surface area contributed by atoms with Crippen LogP contribution in [0.5, 0.6) is 0 Å². The summed E-state index contributed by atoms with van der Waals surface area (Å²) in [7, 11) is 0. The first-order valence-electron chi connectivity index (χ1n) is 2.46. The molecule has 1 rings (SSSR count). The summed E-state index contributed by atoms with van der Waals surface area (Å²) in [5, 5.41) is 0. The number of nitrogens with zero attached hydrogens (tertiary/aromatic N) is 1. The van der Waals surface area contributed by atoms with Gasteiger partial charge in [-0.25, -0.2) is 0 Å². The van der Waals surface area contributed by atoms with Crippen LogP contribution in [0.1, 0.15) is 5.56 Å². The predicted octanol–water partition coefficient (Wildman–Crippen LogP) is 1.34. The molecule has 0 amide bonds. The number of hydrogen-bond donors (Lipinski definition) is 0. The second-order valence-electron chi connectivity index (χ2n) is 1.48. The highest BCUT2D eigenvalue weighted by Crippen LogP contribution is 1.94. The Hall–Kier alpha value is -1.05. The summed E-state index contributed by atoms with van der Waals surface area (Å²) in [5.74, 6) is 0. The standard InChI is InChI=1S/C7H7N.B/c1-2-7-3-5-8-6-4-7;/h2-6H,1H2;. The Labute approximate surface area is 57.0 Å². The Morgan fingerprint density at radius 2 is 1.89 bits per heavy atom. The molecule has 1 aromatic rings. The van der Waals surface area contributed by atoms with Crippen LogP contribution in [0.25, 0.3) is 6.08 Å². The van der Waals surface area contributed by atoms with E-state index >= 15 is 0 Å². The van der Waals surface area contributed by atoms with Crippen LogP contribution in [0.15, 0.2) is 31.1 Å². The van der Waals surface area contributed by atoms with E-state index in [0.717, 1.165) is 5.56 Å². The molecule has 0 N–H and O–H groups in total.